The first kappa shape index (κ1) is 10.0. The van der Waals surface area contributed by atoms with E-state index in [9.17, 15) is 9.59 Å². The molecule has 0 aromatic heterocycles. The van der Waals surface area contributed by atoms with Gasteiger partial charge in [0.2, 0.25) is 6.10 Å². The van der Waals surface area contributed by atoms with Crippen LogP contribution in [0, 0.1) is 5.41 Å². The van der Waals surface area contributed by atoms with E-state index in [1.807, 2.05) is 20.8 Å². The quantitative estimate of drug-likeness (QED) is 0.477. The van der Waals surface area contributed by atoms with Crippen LogP contribution in [0.2, 0.25) is 0 Å². The van der Waals surface area contributed by atoms with Gasteiger partial charge in [0.25, 0.3) is 5.91 Å². The highest BCUT2D eigenvalue weighted by atomic mass is 16.6. The summed E-state index contributed by atoms with van der Waals surface area (Å²) in [4.78, 5) is 21.7. The van der Waals surface area contributed by atoms with Crippen LogP contribution in [0.3, 0.4) is 0 Å². The molecular formula is C9H15NO3. The van der Waals surface area contributed by atoms with Crippen molar-refractivity contribution in [2.45, 2.75) is 39.8 Å². The molecule has 0 saturated carbocycles. The first-order valence-electron chi connectivity index (χ1n) is 4.30. The average molecular weight is 185 g/mol. The summed E-state index contributed by atoms with van der Waals surface area (Å²) in [5, 5.41) is 2.72. The van der Waals surface area contributed by atoms with Crippen LogP contribution in [0.25, 0.3) is 0 Å². The Hall–Kier alpha value is -1.06. The van der Waals surface area contributed by atoms with E-state index in [0.29, 0.717) is 0 Å². The maximum atomic E-state index is 11.0. The summed E-state index contributed by atoms with van der Waals surface area (Å²) in [6.07, 6.45) is -0.600. The second kappa shape index (κ2) is 3.01. The molecule has 74 valence electrons. The van der Waals surface area contributed by atoms with Crippen LogP contribution >= 0.6 is 0 Å². The van der Waals surface area contributed by atoms with Gasteiger partial charge in [0.05, 0.1) is 6.04 Å². The van der Waals surface area contributed by atoms with Gasteiger partial charge in [-0.05, 0) is 5.41 Å². The topological polar surface area (TPSA) is 55.4 Å². The van der Waals surface area contributed by atoms with Gasteiger partial charge in [0.1, 0.15) is 0 Å². The van der Waals surface area contributed by atoms with Crippen LogP contribution in [-0.2, 0) is 14.3 Å². The predicted molar refractivity (Wildman–Crippen MR) is 46.9 cm³/mol. The number of carbonyl (C=O) groups is 2. The molecule has 1 saturated heterocycles. The van der Waals surface area contributed by atoms with Crippen molar-refractivity contribution < 1.29 is 14.3 Å². The summed E-state index contributed by atoms with van der Waals surface area (Å²) in [5.41, 5.74) is -0.0754. The highest BCUT2D eigenvalue weighted by Crippen LogP contribution is 2.28. The maximum absolute atomic E-state index is 11.0. The van der Waals surface area contributed by atoms with Gasteiger partial charge in [-0.25, -0.2) is 0 Å². The molecule has 0 aliphatic carbocycles. The highest BCUT2D eigenvalue weighted by molar-refractivity contribution is 5.90. The number of carbonyl (C=O) groups excluding carboxylic acids is 2. The number of hydrogen-bond acceptors (Lipinski definition) is 3. The Bertz CT molecular complexity index is 242. The van der Waals surface area contributed by atoms with Gasteiger partial charge in [-0.1, -0.05) is 20.8 Å². The number of nitrogens with one attached hydrogen (secondary N) is 1. The molecule has 1 rings (SSSR count). The third kappa shape index (κ3) is 1.99. The van der Waals surface area contributed by atoms with Gasteiger partial charge < -0.3 is 10.1 Å². The molecule has 1 aliphatic heterocycles. The first-order valence-corrected chi connectivity index (χ1v) is 4.30. The van der Waals surface area contributed by atoms with Crippen molar-refractivity contribution in [3.63, 3.8) is 0 Å². The van der Waals surface area contributed by atoms with Crippen molar-refractivity contribution in [1.82, 2.24) is 5.32 Å². The number of esters is 1. The molecule has 1 heterocycles. The summed E-state index contributed by atoms with van der Waals surface area (Å²) in [5.74, 6) is -0.607. The molecule has 0 spiro atoms. The van der Waals surface area contributed by atoms with Gasteiger partial charge in [-0.15, -0.1) is 0 Å². The zero-order valence-corrected chi connectivity index (χ0v) is 8.38. The van der Waals surface area contributed by atoms with Crippen LogP contribution in [0.5, 0.6) is 0 Å². The molecule has 4 heteroatoms. The molecule has 1 aliphatic rings. The van der Waals surface area contributed by atoms with Crippen LogP contribution in [0.1, 0.15) is 27.7 Å². The van der Waals surface area contributed by atoms with Gasteiger partial charge in [-0.3, -0.25) is 9.59 Å². The molecule has 13 heavy (non-hydrogen) atoms. The Morgan fingerprint density at radius 1 is 1.46 bits per heavy atom. The fraction of sp³-hybridized carbons (Fsp3) is 0.778. The zero-order valence-electron chi connectivity index (χ0n) is 8.38. The zero-order chi connectivity index (χ0) is 10.2. The molecule has 1 amide bonds. The molecule has 1 fully saturated rings. The summed E-state index contributed by atoms with van der Waals surface area (Å²) >= 11 is 0. The average Bonchev–Trinajstić information content (AvgIpc) is 1.93. The van der Waals surface area contributed by atoms with Crippen molar-refractivity contribution in [3.8, 4) is 0 Å². The molecular weight excluding hydrogens is 170 g/mol. The molecule has 4 nitrogen and oxygen atoms in total. The lowest BCUT2D eigenvalue weighted by Gasteiger charge is -2.43. The molecule has 0 bridgehead atoms. The second-order valence-corrected chi connectivity index (χ2v) is 4.38. The van der Waals surface area contributed by atoms with Gasteiger partial charge in [0.15, 0.2) is 0 Å². The lowest BCUT2D eigenvalue weighted by atomic mass is 9.78. The van der Waals surface area contributed by atoms with Crippen molar-refractivity contribution in [1.29, 1.82) is 0 Å². The Morgan fingerprint density at radius 3 is 2.31 bits per heavy atom. The number of rotatable bonds is 1. The standard InChI is InChI=1S/C9H15NO3/c1-5(11)13-6-7(9(2,3)4)10-8(6)12/h6-7H,1-4H3,(H,10,12)/t6-,7-/m0/s1. The van der Waals surface area contributed by atoms with Crippen LogP contribution < -0.4 is 5.32 Å². The molecule has 0 radical (unpaired) electrons. The van der Waals surface area contributed by atoms with Crippen molar-refractivity contribution in [2.24, 2.45) is 5.41 Å². The van der Waals surface area contributed by atoms with Crippen LogP contribution in [0.4, 0.5) is 0 Å². The summed E-state index contributed by atoms with van der Waals surface area (Å²) in [6.45, 7) is 7.29. The molecule has 2 atom stereocenters. The number of amides is 1. The Balaban J connectivity index is 2.61. The largest absolute Gasteiger partial charge is 0.450 e. The van der Waals surface area contributed by atoms with Gasteiger partial charge in [-0.2, -0.15) is 0 Å². The number of ether oxygens (including phenoxy) is 1. The normalized spacial score (nSPS) is 27.5. The molecule has 0 aromatic carbocycles. The van der Waals surface area contributed by atoms with Crippen LogP contribution in [-0.4, -0.2) is 24.0 Å². The molecule has 0 aromatic rings. The number of β-lactam (4-membered cyclic amide) rings is 1. The second-order valence-electron chi connectivity index (χ2n) is 4.38. The van der Waals surface area contributed by atoms with E-state index in [0.717, 1.165) is 0 Å². The molecule has 1 N–H and O–H groups in total. The van der Waals surface area contributed by atoms with E-state index in [1.54, 1.807) is 0 Å². The smallest absolute Gasteiger partial charge is 0.303 e. The minimum absolute atomic E-state index is 0.0658. The molecule has 0 unspecified atom stereocenters. The van der Waals surface area contributed by atoms with E-state index in [-0.39, 0.29) is 17.4 Å². The van der Waals surface area contributed by atoms with E-state index < -0.39 is 12.1 Å². The fourth-order valence-electron chi connectivity index (χ4n) is 1.34. The van der Waals surface area contributed by atoms with Crippen molar-refractivity contribution >= 4 is 11.9 Å². The minimum Gasteiger partial charge on any atom is -0.450 e. The Morgan fingerprint density at radius 2 is 2.00 bits per heavy atom. The third-order valence-electron chi connectivity index (χ3n) is 2.08. The Labute approximate surface area is 77.6 Å². The summed E-state index contributed by atoms with van der Waals surface area (Å²) < 4.78 is 4.89. The summed E-state index contributed by atoms with van der Waals surface area (Å²) in [7, 11) is 0. The minimum atomic E-state index is -0.600. The SMILES string of the molecule is CC(=O)O[C@@H]1C(=O)N[C@@H]1C(C)(C)C. The van der Waals surface area contributed by atoms with E-state index in [2.05, 4.69) is 5.32 Å². The monoisotopic (exact) mass is 185 g/mol. The lowest BCUT2D eigenvalue weighted by molar-refractivity contribution is -0.168. The highest BCUT2D eigenvalue weighted by Gasteiger charge is 2.48. The van der Waals surface area contributed by atoms with E-state index in [1.165, 1.54) is 6.92 Å². The fourth-order valence-corrected chi connectivity index (χ4v) is 1.34. The van der Waals surface area contributed by atoms with Crippen LogP contribution in [0.15, 0.2) is 0 Å². The first-order chi connectivity index (χ1) is 5.82. The third-order valence-corrected chi connectivity index (χ3v) is 2.08. The van der Waals surface area contributed by atoms with Gasteiger partial charge >= 0.3 is 5.97 Å². The number of hydrogen-bond donors (Lipinski definition) is 1. The predicted octanol–water partition coefficient (Wildman–Crippen LogP) is 0.463. The lowest BCUT2D eigenvalue weighted by Crippen LogP contribution is -2.68. The summed E-state index contributed by atoms with van der Waals surface area (Å²) in [6, 6.07) is -0.0658. The maximum Gasteiger partial charge on any atom is 0.303 e. The van der Waals surface area contributed by atoms with Gasteiger partial charge in [0, 0.05) is 6.92 Å². The Kier molecular flexibility index (Phi) is 2.32. The van der Waals surface area contributed by atoms with E-state index in [4.69, 9.17) is 4.74 Å². The van der Waals surface area contributed by atoms with Crippen molar-refractivity contribution in [2.75, 3.05) is 0 Å². The van der Waals surface area contributed by atoms with E-state index >= 15 is 0 Å². The van der Waals surface area contributed by atoms with Crippen molar-refractivity contribution in [3.05, 3.63) is 0 Å².